The molecule has 39 heavy (non-hydrogen) atoms. The van der Waals surface area contributed by atoms with Gasteiger partial charge in [-0.25, -0.2) is 4.79 Å². The van der Waals surface area contributed by atoms with Crippen molar-refractivity contribution in [2.45, 2.75) is 81.1 Å². The number of carbonyl (C=O) groups excluding carboxylic acids is 2. The van der Waals surface area contributed by atoms with Crippen molar-refractivity contribution in [1.82, 2.24) is 10.2 Å². The molecule has 0 spiro atoms. The van der Waals surface area contributed by atoms with E-state index < -0.39 is 48.0 Å². The normalized spacial score (nSPS) is 31.0. The lowest BCUT2D eigenvalue weighted by Crippen LogP contribution is -2.66. The Labute approximate surface area is 234 Å². The molecule has 12 heteroatoms. The van der Waals surface area contributed by atoms with E-state index in [9.17, 15) is 24.9 Å². The zero-order valence-corrected chi connectivity index (χ0v) is 23.9. The van der Waals surface area contributed by atoms with Crippen molar-refractivity contribution in [3.05, 3.63) is 29.8 Å². The van der Waals surface area contributed by atoms with Crippen LogP contribution < -0.4 is 11.1 Å². The molecule has 2 aliphatic rings. The molecule has 2 fully saturated rings. The molecule has 2 aliphatic heterocycles. The monoisotopic (exact) mass is 569 g/mol. The minimum atomic E-state index is -1.51. The van der Waals surface area contributed by atoms with Gasteiger partial charge in [-0.15, -0.1) is 11.8 Å². The van der Waals surface area contributed by atoms with Gasteiger partial charge in [-0.2, -0.15) is 0 Å². The fraction of sp³-hybridized carbons (Fsp3) is 0.704. The Hall–Kier alpha value is -1.93. The smallest absolute Gasteiger partial charge is 0.338 e. The van der Waals surface area contributed by atoms with E-state index in [0.717, 1.165) is 37.6 Å². The van der Waals surface area contributed by atoms with E-state index in [2.05, 4.69) is 12.2 Å². The molecule has 2 heterocycles. The number of aliphatic hydroxyl groups is 3. The zero-order chi connectivity index (χ0) is 28.7. The standard InChI is InChI=1S/C27H43N3O8S/c1-5-7-16-12-19(30(3)14-16)25(34)29-20(15(2)36-4)24-22(32)21(31)23(33)27(38-24)39-11-10-37-26(35)17-8-6-9-18(28)13-17/h6,8-9,13,15-16,19-24,27,31-33H,5,7,10-12,14,28H2,1-4H3,(H,29,34)/t15-,16-,19+,20-,21+,22-,23-,24-,27-/m1/s1. The number of methoxy groups -OCH3 is 1. The summed E-state index contributed by atoms with van der Waals surface area (Å²) >= 11 is 1.14. The maximum atomic E-state index is 13.3. The summed E-state index contributed by atoms with van der Waals surface area (Å²) in [5.41, 5.74) is 5.55. The zero-order valence-electron chi connectivity index (χ0n) is 23.1. The van der Waals surface area contributed by atoms with Gasteiger partial charge < -0.3 is 40.6 Å². The third-order valence-electron chi connectivity index (χ3n) is 7.50. The first-order chi connectivity index (χ1) is 18.6. The Morgan fingerprint density at radius 1 is 1.26 bits per heavy atom. The minimum Gasteiger partial charge on any atom is -0.461 e. The lowest BCUT2D eigenvalue weighted by atomic mass is 9.91. The molecular formula is C27H43N3O8S. The number of esters is 1. The maximum Gasteiger partial charge on any atom is 0.338 e. The van der Waals surface area contributed by atoms with Crippen LogP contribution in [-0.2, 0) is 19.0 Å². The van der Waals surface area contributed by atoms with E-state index in [1.54, 1.807) is 25.1 Å². The number of likely N-dealkylation sites (tertiary alicyclic amines) is 1. The van der Waals surface area contributed by atoms with Crippen molar-refractivity contribution in [1.29, 1.82) is 0 Å². The first-order valence-electron chi connectivity index (χ1n) is 13.4. The summed E-state index contributed by atoms with van der Waals surface area (Å²) in [6.45, 7) is 4.73. The number of nitrogen functional groups attached to an aromatic ring is 1. The number of hydrogen-bond donors (Lipinski definition) is 5. The fourth-order valence-electron chi connectivity index (χ4n) is 5.26. The molecule has 1 aromatic carbocycles. The Morgan fingerprint density at radius 3 is 2.67 bits per heavy atom. The SMILES string of the molecule is CCC[C@@H]1C[C@@H](C(=O)N[C@@H]([C@H]2O[C@H](SCCOC(=O)c3cccc(N)c3)[C@H](O)[C@@H](O)[C@H]2O)[C@@H](C)OC)N(C)C1. The summed E-state index contributed by atoms with van der Waals surface area (Å²) in [6, 6.07) is 5.34. The largest absolute Gasteiger partial charge is 0.461 e. The highest BCUT2D eigenvalue weighted by Gasteiger charge is 2.49. The van der Waals surface area contributed by atoms with Crippen molar-refractivity contribution in [2.24, 2.45) is 5.92 Å². The summed E-state index contributed by atoms with van der Waals surface area (Å²) in [5.74, 6) is -0.0275. The van der Waals surface area contributed by atoms with Crippen LogP contribution in [0, 0.1) is 5.92 Å². The van der Waals surface area contributed by atoms with Crippen molar-refractivity contribution in [2.75, 3.05) is 38.8 Å². The highest BCUT2D eigenvalue weighted by Crippen LogP contribution is 2.32. The van der Waals surface area contributed by atoms with Crippen LogP contribution in [0.5, 0.6) is 0 Å². The van der Waals surface area contributed by atoms with Crippen LogP contribution in [0.4, 0.5) is 5.69 Å². The number of hydrogen-bond acceptors (Lipinski definition) is 11. The Morgan fingerprint density at radius 2 is 2.00 bits per heavy atom. The van der Waals surface area contributed by atoms with E-state index in [-0.39, 0.29) is 24.3 Å². The number of nitrogens with one attached hydrogen (secondary N) is 1. The second-order valence-electron chi connectivity index (χ2n) is 10.4. The van der Waals surface area contributed by atoms with Crippen LogP contribution in [0.25, 0.3) is 0 Å². The number of ether oxygens (including phenoxy) is 3. The molecule has 1 aromatic rings. The number of likely N-dealkylation sites (N-methyl/N-ethyl adjacent to an activating group) is 1. The number of amides is 1. The minimum absolute atomic E-state index is 0.0236. The number of nitrogens with two attached hydrogens (primary N) is 1. The number of nitrogens with zero attached hydrogens (tertiary/aromatic N) is 1. The Bertz CT molecular complexity index is 955. The molecule has 2 saturated heterocycles. The van der Waals surface area contributed by atoms with Crippen molar-refractivity contribution >= 4 is 29.3 Å². The van der Waals surface area contributed by atoms with Gasteiger partial charge in [0.05, 0.1) is 23.8 Å². The summed E-state index contributed by atoms with van der Waals surface area (Å²) < 4.78 is 16.8. The topological polar surface area (TPSA) is 164 Å². The van der Waals surface area contributed by atoms with Gasteiger partial charge in [-0.05, 0) is 50.9 Å². The molecule has 0 aromatic heterocycles. The quantitative estimate of drug-likeness (QED) is 0.136. The van der Waals surface area contributed by atoms with Crippen molar-refractivity contribution in [3.63, 3.8) is 0 Å². The fourth-order valence-corrected chi connectivity index (χ4v) is 6.24. The first kappa shape index (κ1) is 31.6. The number of aliphatic hydroxyl groups excluding tert-OH is 3. The summed E-state index contributed by atoms with van der Waals surface area (Å²) in [6.07, 6.45) is -3.13. The third kappa shape index (κ3) is 8.06. The van der Waals surface area contributed by atoms with Crippen LogP contribution in [-0.4, -0.2) is 113 Å². The van der Waals surface area contributed by atoms with Gasteiger partial charge >= 0.3 is 5.97 Å². The molecule has 11 nitrogen and oxygen atoms in total. The number of anilines is 1. The number of benzene rings is 1. The van der Waals surface area contributed by atoms with E-state index >= 15 is 0 Å². The first-order valence-corrected chi connectivity index (χ1v) is 14.5. The van der Waals surface area contributed by atoms with Gasteiger partial charge in [-0.3, -0.25) is 9.69 Å². The van der Waals surface area contributed by atoms with Crippen LogP contribution in [0.15, 0.2) is 24.3 Å². The molecule has 0 unspecified atom stereocenters. The van der Waals surface area contributed by atoms with Crippen LogP contribution in [0.3, 0.4) is 0 Å². The van der Waals surface area contributed by atoms with Gasteiger partial charge in [0.1, 0.15) is 36.5 Å². The van der Waals surface area contributed by atoms with Gasteiger partial charge in [0, 0.05) is 25.1 Å². The molecule has 0 aliphatic carbocycles. The van der Waals surface area contributed by atoms with Crippen LogP contribution in [0.2, 0.25) is 0 Å². The molecular weight excluding hydrogens is 526 g/mol. The lowest BCUT2D eigenvalue weighted by molar-refractivity contribution is -0.212. The molecule has 3 rings (SSSR count). The highest BCUT2D eigenvalue weighted by molar-refractivity contribution is 7.99. The van der Waals surface area contributed by atoms with E-state index in [0.29, 0.717) is 17.2 Å². The van der Waals surface area contributed by atoms with E-state index in [4.69, 9.17) is 19.9 Å². The van der Waals surface area contributed by atoms with E-state index in [1.165, 1.54) is 13.2 Å². The molecule has 6 N–H and O–H groups in total. The molecule has 220 valence electrons. The Kier molecular flexibility index (Phi) is 11.9. The van der Waals surface area contributed by atoms with Crippen LogP contribution >= 0.6 is 11.8 Å². The summed E-state index contributed by atoms with van der Waals surface area (Å²) in [4.78, 5) is 27.6. The third-order valence-corrected chi connectivity index (χ3v) is 8.62. The van der Waals surface area contributed by atoms with Gasteiger partial charge in [0.15, 0.2) is 0 Å². The van der Waals surface area contributed by atoms with Crippen molar-refractivity contribution < 1.29 is 39.1 Å². The second-order valence-corrected chi connectivity index (χ2v) is 11.6. The maximum absolute atomic E-state index is 13.3. The molecule has 0 radical (unpaired) electrons. The molecule has 0 bridgehead atoms. The summed E-state index contributed by atoms with van der Waals surface area (Å²) in [5, 5.41) is 35.1. The van der Waals surface area contributed by atoms with Crippen LogP contribution in [0.1, 0.15) is 43.5 Å². The number of thioether (sulfide) groups is 1. The predicted octanol–water partition coefficient (Wildman–Crippen LogP) is 0.607. The molecule has 9 atom stereocenters. The molecule has 0 saturated carbocycles. The summed E-state index contributed by atoms with van der Waals surface area (Å²) in [7, 11) is 3.41. The number of rotatable bonds is 12. The highest BCUT2D eigenvalue weighted by atomic mass is 32.2. The second kappa shape index (κ2) is 14.6. The van der Waals surface area contributed by atoms with Gasteiger partial charge in [0.25, 0.3) is 0 Å². The van der Waals surface area contributed by atoms with Gasteiger partial charge in [0.2, 0.25) is 5.91 Å². The number of carbonyl (C=O) groups is 2. The average Bonchev–Trinajstić information content (AvgIpc) is 3.29. The Balaban J connectivity index is 1.62. The van der Waals surface area contributed by atoms with E-state index in [1.807, 2.05) is 11.9 Å². The predicted molar refractivity (Wildman–Crippen MR) is 148 cm³/mol. The molecule has 1 amide bonds. The lowest BCUT2D eigenvalue weighted by Gasteiger charge is -2.44. The van der Waals surface area contributed by atoms with Crippen molar-refractivity contribution in [3.8, 4) is 0 Å². The average molecular weight is 570 g/mol. The van der Waals surface area contributed by atoms with Gasteiger partial charge in [-0.1, -0.05) is 19.4 Å².